The largest absolute Gasteiger partial charge is 0.262 e. The van der Waals surface area contributed by atoms with Gasteiger partial charge in [0.2, 0.25) is 0 Å². The smallest absolute Gasteiger partial charge is 0.207 e. The van der Waals surface area contributed by atoms with Gasteiger partial charge in [0.05, 0.1) is 5.56 Å². The number of nitriles is 1. The van der Waals surface area contributed by atoms with E-state index in [0.717, 1.165) is 0 Å². The molecule has 0 amide bonds. The fourth-order valence-corrected chi connectivity index (χ4v) is 3.40. The van der Waals surface area contributed by atoms with E-state index < -0.39 is 9.05 Å². The van der Waals surface area contributed by atoms with Crippen molar-refractivity contribution in [1.82, 2.24) is 0 Å². The molecule has 0 saturated heterocycles. The Morgan fingerprint density at radius 1 is 1.44 bits per heavy atom. The summed E-state index contributed by atoms with van der Waals surface area (Å²) in [5.74, 6) is 0. The van der Waals surface area contributed by atoms with Crippen molar-refractivity contribution in [3.8, 4) is 6.07 Å². The minimum atomic E-state index is -3.89. The van der Waals surface area contributed by atoms with Crippen molar-refractivity contribution >= 4 is 35.7 Å². The summed E-state index contributed by atoms with van der Waals surface area (Å²) >= 11 is 3.21. The molecule has 0 saturated carbocycles. The Kier molecular flexibility index (Phi) is 4.36. The van der Waals surface area contributed by atoms with Gasteiger partial charge in [0.1, 0.15) is 11.0 Å². The Morgan fingerprint density at radius 3 is 2.38 bits per heavy atom. The lowest BCUT2D eigenvalue weighted by Crippen LogP contribution is -2.03. The predicted octanol–water partition coefficient (Wildman–Crippen LogP) is 2.94. The molecule has 1 rings (SSSR count). The standard InChI is InChI=1S/C10H9BrClNO2S/c1-2-7-3-4-8(5-11)9(6-13)10(7)16(12,14)15/h3-4H,2,5H2,1H3. The Morgan fingerprint density at radius 2 is 2.00 bits per heavy atom. The second-order valence-corrected chi connectivity index (χ2v) is 6.19. The number of nitrogens with zero attached hydrogens (tertiary/aromatic N) is 1. The number of alkyl halides is 1. The minimum absolute atomic E-state index is 0.0592. The predicted molar refractivity (Wildman–Crippen MR) is 66.2 cm³/mol. The molecule has 0 aliphatic heterocycles. The highest BCUT2D eigenvalue weighted by Crippen LogP contribution is 2.28. The first kappa shape index (κ1) is 13.5. The van der Waals surface area contributed by atoms with Crippen LogP contribution in [-0.2, 0) is 20.8 Å². The number of aryl methyl sites for hydroxylation is 1. The van der Waals surface area contributed by atoms with Crippen LogP contribution in [0.3, 0.4) is 0 Å². The summed E-state index contributed by atoms with van der Waals surface area (Å²) in [6, 6.07) is 5.32. The topological polar surface area (TPSA) is 57.9 Å². The average Bonchev–Trinajstić information content (AvgIpc) is 2.25. The fourth-order valence-electron chi connectivity index (χ4n) is 1.46. The van der Waals surface area contributed by atoms with Crippen LogP contribution in [0.5, 0.6) is 0 Å². The third kappa shape index (κ3) is 2.57. The zero-order valence-corrected chi connectivity index (χ0v) is 11.7. The van der Waals surface area contributed by atoms with E-state index in [2.05, 4.69) is 15.9 Å². The second kappa shape index (κ2) is 5.17. The third-order valence-corrected chi connectivity index (χ3v) is 4.23. The number of halogens is 2. The van der Waals surface area contributed by atoms with E-state index in [1.165, 1.54) is 0 Å². The van der Waals surface area contributed by atoms with Crippen LogP contribution in [0.2, 0.25) is 0 Å². The second-order valence-electron chi connectivity index (χ2n) is 3.12. The van der Waals surface area contributed by atoms with Crippen LogP contribution in [-0.4, -0.2) is 8.42 Å². The lowest BCUT2D eigenvalue weighted by atomic mass is 10.0. The monoisotopic (exact) mass is 321 g/mol. The summed E-state index contributed by atoms with van der Waals surface area (Å²) in [5, 5.41) is 9.44. The summed E-state index contributed by atoms with van der Waals surface area (Å²) in [5.41, 5.74) is 1.32. The van der Waals surface area contributed by atoms with Crippen molar-refractivity contribution in [3.63, 3.8) is 0 Å². The zero-order valence-electron chi connectivity index (χ0n) is 8.50. The number of hydrogen-bond acceptors (Lipinski definition) is 3. The average molecular weight is 323 g/mol. The van der Waals surface area contributed by atoms with E-state index in [-0.39, 0.29) is 10.5 Å². The molecule has 86 valence electrons. The zero-order chi connectivity index (χ0) is 12.3. The van der Waals surface area contributed by atoms with E-state index in [0.29, 0.717) is 22.9 Å². The highest BCUT2D eigenvalue weighted by molar-refractivity contribution is 9.08. The SMILES string of the molecule is CCc1ccc(CBr)c(C#N)c1S(=O)(=O)Cl. The molecular weight excluding hydrogens is 314 g/mol. The van der Waals surface area contributed by atoms with Gasteiger partial charge in [-0.1, -0.05) is 35.0 Å². The Hall–Kier alpha value is -0.570. The van der Waals surface area contributed by atoms with E-state index >= 15 is 0 Å². The van der Waals surface area contributed by atoms with Crippen molar-refractivity contribution in [2.45, 2.75) is 23.6 Å². The first-order chi connectivity index (χ1) is 7.45. The van der Waals surface area contributed by atoms with Crippen molar-refractivity contribution in [2.24, 2.45) is 0 Å². The maximum atomic E-state index is 11.5. The molecule has 0 unspecified atom stereocenters. The first-order valence-corrected chi connectivity index (χ1v) is 7.94. The molecule has 0 aromatic heterocycles. The molecule has 1 aromatic rings. The van der Waals surface area contributed by atoms with Crippen LogP contribution in [0, 0.1) is 11.3 Å². The van der Waals surface area contributed by atoms with E-state index in [9.17, 15) is 8.42 Å². The van der Waals surface area contributed by atoms with Crippen LogP contribution in [0.25, 0.3) is 0 Å². The first-order valence-electron chi connectivity index (χ1n) is 4.51. The van der Waals surface area contributed by atoms with Gasteiger partial charge in [0, 0.05) is 16.0 Å². The molecule has 0 fully saturated rings. The van der Waals surface area contributed by atoms with Gasteiger partial charge in [-0.25, -0.2) is 8.42 Å². The molecule has 0 spiro atoms. The molecule has 3 nitrogen and oxygen atoms in total. The molecule has 0 aliphatic carbocycles. The van der Waals surface area contributed by atoms with Gasteiger partial charge in [-0.15, -0.1) is 0 Å². The van der Waals surface area contributed by atoms with Gasteiger partial charge in [0.15, 0.2) is 0 Å². The van der Waals surface area contributed by atoms with Crippen LogP contribution in [0.4, 0.5) is 0 Å². The molecule has 0 bridgehead atoms. The quantitative estimate of drug-likeness (QED) is 0.635. The normalized spacial score (nSPS) is 11.1. The molecule has 0 aliphatic rings. The lowest BCUT2D eigenvalue weighted by Gasteiger charge is -2.09. The highest BCUT2D eigenvalue weighted by atomic mass is 79.9. The molecule has 0 N–H and O–H groups in total. The number of hydrogen-bond donors (Lipinski definition) is 0. The minimum Gasteiger partial charge on any atom is -0.207 e. The lowest BCUT2D eigenvalue weighted by molar-refractivity contribution is 0.608. The maximum Gasteiger partial charge on any atom is 0.262 e. The van der Waals surface area contributed by atoms with Crippen LogP contribution >= 0.6 is 26.6 Å². The Labute approximate surface area is 108 Å². The van der Waals surface area contributed by atoms with Crippen molar-refractivity contribution in [2.75, 3.05) is 0 Å². The number of benzene rings is 1. The van der Waals surface area contributed by atoms with Gasteiger partial charge in [-0.3, -0.25) is 0 Å². The van der Waals surface area contributed by atoms with Crippen molar-refractivity contribution < 1.29 is 8.42 Å². The fraction of sp³-hybridized carbons (Fsp3) is 0.300. The highest BCUT2D eigenvalue weighted by Gasteiger charge is 2.22. The molecule has 16 heavy (non-hydrogen) atoms. The summed E-state index contributed by atoms with van der Waals surface area (Å²) in [7, 11) is 1.47. The van der Waals surface area contributed by atoms with Crippen LogP contribution < -0.4 is 0 Å². The third-order valence-electron chi connectivity index (χ3n) is 2.21. The van der Waals surface area contributed by atoms with E-state index in [4.69, 9.17) is 15.9 Å². The van der Waals surface area contributed by atoms with E-state index in [1.54, 1.807) is 12.1 Å². The summed E-state index contributed by atoms with van der Waals surface area (Å²) in [6.45, 7) is 1.82. The van der Waals surface area contributed by atoms with Crippen LogP contribution in [0.1, 0.15) is 23.6 Å². The molecule has 0 atom stereocenters. The maximum absolute atomic E-state index is 11.5. The van der Waals surface area contributed by atoms with Gasteiger partial charge in [0.25, 0.3) is 9.05 Å². The van der Waals surface area contributed by atoms with Gasteiger partial charge in [-0.2, -0.15) is 5.26 Å². The van der Waals surface area contributed by atoms with E-state index in [1.807, 2.05) is 13.0 Å². The summed E-state index contributed by atoms with van der Waals surface area (Å²) < 4.78 is 22.9. The van der Waals surface area contributed by atoms with Crippen molar-refractivity contribution in [1.29, 1.82) is 5.26 Å². The molecular formula is C10H9BrClNO2S. The van der Waals surface area contributed by atoms with Crippen LogP contribution in [0.15, 0.2) is 17.0 Å². The summed E-state index contributed by atoms with van der Waals surface area (Å²) in [4.78, 5) is -0.0592. The molecule has 0 heterocycles. The molecule has 6 heteroatoms. The van der Waals surface area contributed by atoms with Gasteiger partial charge >= 0.3 is 0 Å². The molecule has 1 aromatic carbocycles. The molecule has 0 radical (unpaired) electrons. The Bertz CT molecular complexity index is 549. The van der Waals surface area contributed by atoms with Gasteiger partial charge < -0.3 is 0 Å². The van der Waals surface area contributed by atoms with Gasteiger partial charge in [-0.05, 0) is 17.5 Å². The number of rotatable bonds is 3. The summed E-state index contributed by atoms with van der Waals surface area (Å²) in [6.07, 6.45) is 0.512. The van der Waals surface area contributed by atoms with Crippen molar-refractivity contribution in [3.05, 3.63) is 28.8 Å². The Balaban J connectivity index is 3.72.